The van der Waals surface area contributed by atoms with Crippen LogP contribution in [0, 0.1) is 6.92 Å². The molecule has 0 aliphatic heterocycles. The molecule has 0 aromatic heterocycles. The maximum absolute atomic E-state index is 6.00. The van der Waals surface area contributed by atoms with Gasteiger partial charge in [0.05, 0.1) is 6.61 Å². The molecule has 0 bridgehead atoms. The second kappa shape index (κ2) is 7.41. The number of rotatable bonds is 6. The van der Waals surface area contributed by atoms with Crippen molar-refractivity contribution >= 4 is 17.4 Å². The standard InChI is InChI=1S/C18H23NOS/c1-13(2)16-12-17(19)14(3)11-18(16)20-9-10-21-15-7-5-4-6-8-15/h4-8,11-13H,9-10,19H2,1-3H3. The Labute approximate surface area is 131 Å². The average molecular weight is 301 g/mol. The Kier molecular flexibility index (Phi) is 5.57. The van der Waals surface area contributed by atoms with Gasteiger partial charge in [-0.2, -0.15) is 0 Å². The van der Waals surface area contributed by atoms with Crippen LogP contribution in [-0.4, -0.2) is 12.4 Å². The van der Waals surface area contributed by atoms with Crippen LogP contribution in [0.3, 0.4) is 0 Å². The Bertz CT molecular complexity index is 581. The molecule has 0 fully saturated rings. The highest BCUT2D eigenvalue weighted by Gasteiger charge is 2.10. The second-order valence-electron chi connectivity index (χ2n) is 5.41. The van der Waals surface area contributed by atoms with Gasteiger partial charge in [-0.3, -0.25) is 0 Å². The smallest absolute Gasteiger partial charge is 0.123 e. The minimum absolute atomic E-state index is 0.407. The zero-order chi connectivity index (χ0) is 15.2. The molecular formula is C18H23NOS. The number of nitrogens with two attached hydrogens (primary N) is 1. The van der Waals surface area contributed by atoms with E-state index in [0.29, 0.717) is 12.5 Å². The van der Waals surface area contributed by atoms with Crippen LogP contribution in [-0.2, 0) is 0 Å². The number of thioether (sulfide) groups is 1. The van der Waals surface area contributed by atoms with Gasteiger partial charge in [-0.25, -0.2) is 0 Å². The molecule has 2 aromatic rings. The molecule has 0 heterocycles. The van der Waals surface area contributed by atoms with E-state index in [2.05, 4.69) is 44.2 Å². The van der Waals surface area contributed by atoms with Gasteiger partial charge in [0.15, 0.2) is 0 Å². The Balaban J connectivity index is 1.95. The summed E-state index contributed by atoms with van der Waals surface area (Å²) in [5, 5.41) is 0. The minimum atomic E-state index is 0.407. The summed E-state index contributed by atoms with van der Waals surface area (Å²) < 4.78 is 5.98. The molecule has 0 amide bonds. The van der Waals surface area contributed by atoms with E-state index in [1.54, 1.807) is 0 Å². The molecule has 21 heavy (non-hydrogen) atoms. The SMILES string of the molecule is Cc1cc(OCCSc2ccccc2)c(C(C)C)cc1N. The van der Waals surface area contributed by atoms with E-state index in [1.165, 1.54) is 10.5 Å². The van der Waals surface area contributed by atoms with Crippen LogP contribution in [0.25, 0.3) is 0 Å². The summed E-state index contributed by atoms with van der Waals surface area (Å²) in [4.78, 5) is 1.28. The quantitative estimate of drug-likeness (QED) is 0.469. The fourth-order valence-electron chi connectivity index (χ4n) is 2.12. The van der Waals surface area contributed by atoms with Crippen molar-refractivity contribution in [1.29, 1.82) is 0 Å². The van der Waals surface area contributed by atoms with Gasteiger partial charge >= 0.3 is 0 Å². The first-order valence-corrected chi connectivity index (χ1v) is 8.27. The highest BCUT2D eigenvalue weighted by molar-refractivity contribution is 7.99. The first-order valence-electron chi connectivity index (χ1n) is 7.28. The second-order valence-corrected chi connectivity index (χ2v) is 6.58. The van der Waals surface area contributed by atoms with Gasteiger partial charge in [0.25, 0.3) is 0 Å². The average Bonchev–Trinajstić information content (AvgIpc) is 2.47. The molecule has 0 radical (unpaired) electrons. The number of benzene rings is 2. The van der Waals surface area contributed by atoms with Gasteiger partial charge in [0.2, 0.25) is 0 Å². The molecule has 0 unspecified atom stereocenters. The van der Waals surface area contributed by atoms with Crippen LogP contribution < -0.4 is 10.5 Å². The van der Waals surface area contributed by atoms with Crippen LogP contribution >= 0.6 is 11.8 Å². The van der Waals surface area contributed by atoms with Crippen molar-refractivity contribution in [2.24, 2.45) is 0 Å². The van der Waals surface area contributed by atoms with E-state index in [9.17, 15) is 0 Å². The molecular weight excluding hydrogens is 278 g/mol. The number of aryl methyl sites for hydroxylation is 1. The third-order valence-corrected chi connectivity index (χ3v) is 4.35. The van der Waals surface area contributed by atoms with Gasteiger partial charge in [0.1, 0.15) is 5.75 Å². The molecule has 2 rings (SSSR count). The molecule has 0 saturated heterocycles. The van der Waals surface area contributed by atoms with Crippen LogP contribution in [0.4, 0.5) is 5.69 Å². The van der Waals surface area contributed by atoms with E-state index in [1.807, 2.05) is 30.8 Å². The van der Waals surface area contributed by atoms with Crippen LogP contribution in [0.15, 0.2) is 47.4 Å². The summed E-state index contributed by atoms with van der Waals surface area (Å²) in [5.74, 6) is 2.31. The Morgan fingerprint density at radius 3 is 2.52 bits per heavy atom. The number of hydrogen-bond acceptors (Lipinski definition) is 3. The molecule has 0 aliphatic rings. The van der Waals surface area contributed by atoms with Crippen LogP contribution in [0.2, 0.25) is 0 Å². The lowest BCUT2D eigenvalue weighted by molar-refractivity contribution is 0.338. The molecule has 2 N–H and O–H groups in total. The summed E-state index contributed by atoms with van der Waals surface area (Å²) in [7, 11) is 0. The maximum Gasteiger partial charge on any atom is 0.123 e. The molecule has 112 valence electrons. The Hall–Kier alpha value is -1.61. The first-order chi connectivity index (χ1) is 10.1. The summed E-state index contributed by atoms with van der Waals surface area (Å²) >= 11 is 1.81. The maximum atomic E-state index is 6.00. The van der Waals surface area contributed by atoms with Crippen molar-refractivity contribution in [1.82, 2.24) is 0 Å². The lowest BCUT2D eigenvalue weighted by atomic mass is 9.99. The number of nitrogen functional groups attached to an aromatic ring is 1. The van der Waals surface area contributed by atoms with Crippen molar-refractivity contribution < 1.29 is 4.74 Å². The fraction of sp³-hybridized carbons (Fsp3) is 0.333. The van der Waals surface area contributed by atoms with E-state index >= 15 is 0 Å². The molecule has 0 saturated carbocycles. The third kappa shape index (κ3) is 4.43. The highest BCUT2D eigenvalue weighted by atomic mass is 32.2. The lowest BCUT2D eigenvalue weighted by Crippen LogP contribution is -2.05. The summed E-state index contributed by atoms with van der Waals surface area (Å²) in [5.41, 5.74) is 9.09. The van der Waals surface area contributed by atoms with Crippen molar-refractivity contribution in [2.75, 3.05) is 18.1 Å². The van der Waals surface area contributed by atoms with Crippen molar-refractivity contribution in [3.8, 4) is 5.75 Å². The monoisotopic (exact) mass is 301 g/mol. The predicted octanol–water partition coefficient (Wildman–Crippen LogP) is 4.87. The van der Waals surface area contributed by atoms with E-state index in [-0.39, 0.29) is 0 Å². The first kappa shape index (κ1) is 15.8. The number of anilines is 1. The van der Waals surface area contributed by atoms with Crippen molar-refractivity contribution in [3.05, 3.63) is 53.6 Å². The molecule has 2 nitrogen and oxygen atoms in total. The Morgan fingerprint density at radius 2 is 1.86 bits per heavy atom. The zero-order valence-electron chi connectivity index (χ0n) is 12.9. The normalized spacial score (nSPS) is 10.9. The van der Waals surface area contributed by atoms with Gasteiger partial charge < -0.3 is 10.5 Å². The van der Waals surface area contributed by atoms with Gasteiger partial charge in [-0.05, 0) is 48.2 Å². The summed E-state index contributed by atoms with van der Waals surface area (Å²) in [6.07, 6.45) is 0. The zero-order valence-corrected chi connectivity index (χ0v) is 13.7. The topological polar surface area (TPSA) is 35.2 Å². The largest absolute Gasteiger partial charge is 0.492 e. The molecule has 0 atom stereocenters. The molecule has 0 aliphatic carbocycles. The highest BCUT2D eigenvalue weighted by Crippen LogP contribution is 2.31. The third-order valence-electron chi connectivity index (χ3n) is 3.37. The molecule has 0 spiro atoms. The van der Waals surface area contributed by atoms with Gasteiger partial charge in [-0.1, -0.05) is 32.0 Å². The fourth-order valence-corrected chi connectivity index (χ4v) is 2.87. The number of ether oxygens (including phenoxy) is 1. The predicted molar refractivity (Wildman–Crippen MR) is 92.3 cm³/mol. The van der Waals surface area contributed by atoms with Crippen molar-refractivity contribution in [2.45, 2.75) is 31.6 Å². The minimum Gasteiger partial charge on any atom is -0.492 e. The molecule has 2 aromatic carbocycles. The number of hydrogen-bond donors (Lipinski definition) is 1. The van der Waals surface area contributed by atoms with E-state index in [0.717, 1.165) is 22.8 Å². The summed E-state index contributed by atoms with van der Waals surface area (Å²) in [6.45, 7) is 7.04. The van der Waals surface area contributed by atoms with Crippen LogP contribution in [0.5, 0.6) is 5.75 Å². The van der Waals surface area contributed by atoms with Crippen LogP contribution in [0.1, 0.15) is 30.9 Å². The van der Waals surface area contributed by atoms with E-state index < -0.39 is 0 Å². The Morgan fingerprint density at radius 1 is 1.14 bits per heavy atom. The molecule has 3 heteroatoms. The lowest BCUT2D eigenvalue weighted by Gasteiger charge is -2.16. The van der Waals surface area contributed by atoms with Gasteiger partial charge in [-0.15, -0.1) is 11.8 Å². The van der Waals surface area contributed by atoms with Crippen molar-refractivity contribution in [3.63, 3.8) is 0 Å². The van der Waals surface area contributed by atoms with E-state index in [4.69, 9.17) is 10.5 Å². The van der Waals surface area contributed by atoms with Gasteiger partial charge in [0, 0.05) is 16.3 Å². The summed E-state index contributed by atoms with van der Waals surface area (Å²) in [6, 6.07) is 14.5.